The molecule has 1 aromatic carbocycles. The van der Waals surface area contributed by atoms with Crippen LogP contribution < -0.4 is 10.7 Å². The Labute approximate surface area is 130 Å². The zero-order chi connectivity index (χ0) is 15.9. The van der Waals surface area contributed by atoms with Crippen LogP contribution >= 0.6 is 11.3 Å². The van der Waals surface area contributed by atoms with Crippen LogP contribution in [0.3, 0.4) is 0 Å². The Hall–Kier alpha value is -2.74. The maximum atomic E-state index is 11.6. The summed E-state index contributed by atoms with van der Waals surface area (Å²) in [5.41, 5.74) is 4.31. The van der Waals surface area contributed by atoms with Crippen molar-refractivity contribution in [3.05, 3.63) is 57.0 Å². The fourth-order valence-corrected chi connectivity index (χ4v) is 2.35. The molecular formula is C14H14N4O3S. The number of aryl methyl sites for hydroxylation is 1. The number of nitro groups is 1. The van der Waals surface area contributed by atoms with E-state index in [2.05, 4.69) is 15.8 Å². The first kappa shape index (κ1) is 15.6. The lowest BCUT2D eigenvalue weighted by molar-refractivity contribution is -0.380. The third-order valence-electron chi connectivity index (χ3n) is 2.64. The monoisotopic (exact) mass is 318 g/mol. The highest BCUT2D eigenvalue weighted by molar-refractivity contribution is 7.16. The Balaban J connectivity index is 1.79. The predicted molar refractivity (Wildman–Crippen MR) is 86.4 cm³/mol. The summed E-state index contributed by atoms with van der Waals surface area (Å²) >= 11 is 0.989. The third-order valence-corrected chi connectivity index (χ3v) is 3.62. The molecule has 1 heterocycles. The van der Waals surface area contributed by atoms with Gasteiger partial charge in [-0.05, 0) is 30.7 Å². The Bertz CT molecular complexity index is 712. The summed E-state index contributed by atoms with van der Waals surface area (Å²) in [6, 6.07) is 10.6. The Morgan fingerprint density at radius 1 is 1.41 bits per heavy atom. The number of hydrogen-bond donors (Lipinski definition) is 2. The average molecular weight is 318 g/mol. The van der Waals surface area contributed by atoms with E-state index in [-0.39, 0.29) is 17.5 Å². The van der Waals surface area contributed by atoms with Crippen LogP contribution in [0.1, 0.15) is 10.4 Å². The van der Waals surface area contributed by atoms with Gasteiger partial charge in [0.05, 0.1) is 22.6 Å². The molecule has 0 saturated carbocycles. The minimum absolute atomic E-state index is 0.0360. The molecule has 1 aromatic heterocycles. The minimum Gasteiger partial charge on any atom is -0.376 e. The van der Waals surface area contributed by atoms with Crippen molar-refractivity contribution in [2.75, 3.05) is 11.9 Å². The number of amides is 1. The van der Waals surface area contributed by atoms with Gasteiger partial charge in [-0.2, -0.15) is 5.10 Å². The fraction of sp³-hybridized carbons (Fsp3) is 0.143. The molecular weight excluding hydrogens is 304 g/mol. The number of thiophene rings is 1. The first-order chi connectivity index (χ1) is 10.5. The first-order valence-electron chi connectivity index (χ1n) is 6.41. The molecule has 0 radical (unpaired) electrons. The molecule has 0 saturated heterocycles. The zero-order valence-corrected chi connectivity index (χ0v) is 12.6. The highest BCUT2D eigenvalue weighted by Crippen LogP contribution is 2.22. The summed E-state index contributed by atoms with van der Waals surface area (Å²) < 4.78 is 0. The molecule has 2 N–H and O–H groups in total. The van der Waals surface area contributed by atoms with E-state index in [4.69, 9.17) is 0 Å². The molecule has 2 aromatic rings. The van der Waals surface area contributed by atoms with Crippen molar-refractivity contribution < 1.29 is 9.72 Å². The average Bonchev–Trinajstić information content (AvgIpc) is 2.94. The topological polar surface area (TPSA) is 96.6 Å². The van der Waals surface area contributed by atoms with E-state index in [0.29, 0.717) is 4.88 Å². The Morgan fingerprint density at radius 2 is 2.23 bits per heavy atom. The maximum absolute atomic E-state index is 11.6. The molecule has 2 rings (SSSR count). The number of nitrogens with zero attached hydrogens (tertiary/aromatic N) is 2. The van der Waals surface area contributed by atoms with Gasteiger partial charge in [0, 0.05) is 11.8 Å². The lowest BCUT2D eigenvalue weighted by atomic mass is 10.2. The molecule has 114 valence electrons. The number of hydrogen-bond acceptors (Lipinski definition) is 6. The van der Waals surface area contributed by atoms with Crippen LogP contribution in [0.5, 0.6) is 0 Å². The van der Waals surface area contributed by atoms with Crippen LogP contribution in [-0.2, 0) is 4.79 Å². The number of benzene rings is 1. The van der Waals surface area contributed by atoms with E-state index in [1.165, 1.54) is 12.3 Å². The van der Waals surface area contributed by atoms with Gasteiger partial charge in [0.15, 0.2) is 0 Å². The van der Waals surface area contributed by atoms with E-state index >= 15 is 0 Å². The molecule has 0 unspecified atom stereocenters. The Kier molecular flexibility index (Phi) is 5.21. The minimum atomic E-state index is -0.466. The summed E-state index contributed by atoms with van der Waals surface area (Å²) in [6.07, 6.45) is 1.38. The maximum Gasteiger partial charge on any atom is 0.324 e. The van der Waals surface area contributed by atoms with E-state index < -0.39 is 4.92 Å². The molecule has 0 spiro atoms. The quantitative estimate of drug-likeness (QED) is 0.486. The number of rotatable bonds is 6. The van der Waals surface area contributed by atoms with Crippen LogP contribution in [-0.4, -0.2) is 23.6 Å². The SMILES string of the molecule is Cc1cccc(NCC(=O)N/N=C\c2ccc([N+](=O)[O-])s2)c1. The molecule has 0 aliphatic rings. The fourth-order valence-electron chi connectivity index (χ4n) is 1.65. The van der Waals surface area contributed by atoms with Crippen molar-refractivity contribution in [1.29, 1.82) is 0 Å². The lowest BCUT2D eigenvalue weighted by Gasteiger charge is -2.05. The van der Waals surface area contributed by atoms with Crippen molar-refractivity contribution in [3.8, 4) is 0 Å². The van der Waals surface area contributed by atoms with Crippen LogP contribution in [0.15, 0.2) is 41.5 Å². The molecule has 8 heteroatoms. The van der Waals surface area contributed by atoms with Crippen LogP contribution in [0.4, 0.5) is 10.7 Å². The van der Waals surface area contributed by atoms with Gasteiger partial charge in [0.25, 0.3) is 5.91 Å². The molecule has 0 aliphatic heterocycles. The molecule has 0 fully saturated rings. The lowest BCUT2D eigenvalue weighted by Crippen LogP contribution is -2.25. The second kappa shape index (κ2) is 7.32. The van der Waals surface area contributed by atoms with Gasteiger partial charge >= 0.3 is 5.00 Å². The zero-order valence-electron chi connectivity index (χ0n) is 11.8. The van der Waals surface area contributed by atoms with E-state index in [1.54, 1.807) is 6.07 Å². The largest absolute Gasteiger partial charge is 0.376 e. The summed E-state index contributed by atoms with van der Waals surface area (Å²) in [7, 11) is 0. The van der Waals surface area contributed by atoms with Crippen molar-refractivity contribution in [2.45, 2.75) is 6.92 Å². The van der Waals surface area contributed by atoms with E-state index in [9.17, 15) is 14.9 Å². The number of nitrogens with one attached hydrogen (secondary N) is 2. The normalized spacial score (nSPS) is 10.6. The van der Waals surface area contributed by atoms with Gasteiger partial charge < -0.3 is 5.32 Å². The van der Waals surface area contributed by atoms with Crippen molar-refractivity contribution in [1.82, 2.24) is 5.43 Å². The highest BCUT2D eigenvalue weighted by atomic mass is 32.1. The van der Waals surface area contributed by atoms with E-state index in [1.807, 2.05) is 31.2 Å². The summed E-state index contributed by atoms with van der Waals surface area (Å²) in [6.45, 7) is 2.06. The molecule has 0 atom stereocenters. The molecule has 22 heavy (non-hydrogen) atoms. The molecule has 0 aliphatic carbocycles. The van der Waals surface area contributed by atoms with Gasteiger partial charge in [-0.1, -0.05) is 23.5 Å². The van der Waals surface area contributed by atoms with Crippen LogP contribution in [0.2, 0.25) is 0 Å². The second-order valence-electron chi connectivity index (χ2n) is 4.45. The number of carbonyl (C=O) groups excluding carboxylic acids is 1. The molecule has 1 amide bonds. The van der Waals surface area contributed by atoms with Crippen LogP contribution in [0.25, 0.3) is 0 Å². The summed E-state index contributed by atoms with van der Waals surface area (Å²) in [5, 5.41) is 17.3. The van der Waals surface area contributed by atoms with Gasteiger partial charge in [0.2, 0.25) is 0 Å². The molecule has 7 nitrogen and oxygen atoms in total. The van der Waals surface area contributed by atoms with Gasteiger partial charge in [0.1, 0.15) is 0 Å². The molecule has 0 bridgehead atoms. The number of carbonyl (C=O) groups is 1. The third kappa shape index (κ3) is 4.67. The van der Waals surface area contributed by atoms with Crippen molar-refractivity contribution >= 4 is 34.1 Å². The summed E-state index contributed by atoms with van der Waals surface area (Å²) in [4.78, 5) is 22.3. The highest BCUT2D eigenvalue weighted by Gasteiger charge is 2.08. The van der Waals surface area contributed by atoms with Gasteiger partial charge in [-0.15, -0.1) is 0 Å². The predicted octanol–water partition coefficient (Wildman–Crippen LogP) is 2.53. The van der Waals surface area contributed by atoms with Gasteiger partial charge in [-0.25, -0.2) is 5.43 Å². The van der Waals surface area contributed by atoms with Gasteiger partial charge in [-0.3, -0.25) is 14.9 Å². The van der Waals surface area contributed by atoms with Crippen molar-refractivity contribution in [3.63, 3.8) is 0 Å². The van der Waals surface area contributed by atoms with Crippen molar-refractivity contribution in [2.24, 2.45) is 5.10 Å². The summed E-state index contributed by atoms with van der Waals surface area (Å²) in [5.74, 6) is -0.302. The second-order valence-corrected chi connectivity index (χ2v) is 5.54. The first-order valence-corrected chi connectivity index (χ1v) is 7.23. The standard InChI is InChI=1S/C14H14N4O3S/c1-10-3-2-4-11(7-10)15-9-13(19)17-16-8-12-5-6-14(22-12)18(20)21/h2-8,15H,9H2,1H3,(H,17,19)/b16-8-. The smallest absolute Gasteiger partial charge is 0.324 e. The van der Waals surface area contributed by atoms with E-state index in [0.717, 1.165) is 22.6 Å². The number of anilines is 1. The Morgan fingerprint density at radius 3 is 2.91 bits per heavy atom. The number of hydrazone groups is 1. The van der Waals surface area contributed by atoms with Crippen LogP contribution in [0, 0.1) is 17.0 Å².